The van der Waals surface area contributed by atoms with E-state index >= 15 is 0 Å². The topological polar surface area (TPSA) is 35.2 Å². The van der Waals surface area contributed by atoms with E-state index in [-0.39, 0.29) is 11.6 Å². The molecule has 2 aliphatic rings. The van der Waals surface area contributed by atoms with Gasteiger partial charge in [-0.25, -0.2) is 0 Å². The van der Waals surface area contributed by atoms with Crippen molar-refractivity contribution in [1.29, 1.82) is 0 Å². The molecular formula is C16H22ClNOS. The molecule has 1 aromatic rings. The minimum atomic E-state index is 0.0948. The molecule has 20 heavy (non-hydrogen) atoms. The largest absolute Gasteiger partial charge is 0.374 e. The van der Waals surface area contributed by atoms with Crippen LogP contribution in [0.4, 0.5) is 0 Å². The van der Waals surface area contributed by atoms with E-state index in [0.29, 0.717) is 5.92 Å². The Bertz CT molecular complexity index is 487. The van der Waals surface area contributed by atoms with Gasteiger partial charge in [-0.3, -0.25) is 0 Å². The van der Waals surface area contributed by atoms with Crippen LogP contribution in [0.25, 0.3) is 0 Å². The monoisotopic (exact) mass is 311 g/mol. The van der Waals surface area contributed by atoms with Crippen LogP contribution in [0.1, 0.15) is 36.4 Å². The second-order valence-electron chi connectivity index (χ2n) is 6.12. The average molecular weight is 312 g/mol. The predicted molar refractivity (Wildman–Crippen MR) is 86.5 cm³/mol. The van der Waals surface area contributed by atoms with Gasteiger partial charge in [-0.05, 0) is 55.1 Å². The average Bonchev–Trinajstić information content (AvgIpc) is 2.89. The Kier molecular flexibility index (Phi) is 4.32. The number of nitrogens with two attached hydrogens (primary N) is 1. The van der Waals surface area contributed by atoms with Gasteiger partial charge in [0.05, 0.1) is 5.60 Å². The summed E-state index contributed by atoms with van der Waals surface area (Å²) < 4.78 is 6.09. The fourth-order valence-electron chi connectivity index (χ4n) is 3.38. The first-order chi connectivity index (χ1) is 9.60. The van der Waals surface area contributed by atoms with Gasteiger partial charge in [0.15, 0.2) is 0 Å². The molecule has 0 aliphatic carbocycles. The van der Waals surface area contributed by atoms with Crippen LogP contribution in [0.2, 0.25) is 5.02 Å². The number of aryl methyl sites for hydroxylation is 1. The van der Waals surface area contributed by atoms with Crippen molar-refractivity contribution in [2.24, 2.45) is 11.7 Å². The first-order valence-corrected chi connectivity index (χ1v) is 8.86. The maximum atomic E-state index is 6.53. The molecule has 0 saturated carbocycles. The summed E-state index contributed by atoms with van der Waals surface area (Å²) in [5.41, 5.74) is 8.96. The molecule has 2 heterocycles. The SMILES string of the molecule is Cc1cc(C(N)C2CCOC3(CCSC3)C2)ccc1Cl. The van der Waals surface area contributed by atoms with Gasteiger partial charge < -0.3 is 10.5 Å². The first-order valence-electron chi connectivity index (χ1n) is 7.33. The molecule has 2 nitrogen and oxygen atoms in total. The van der Waals surface area contributed by atoms with E-state index in [4.69, 9.17) is 22.1 Å². The Labute approximate surface area is 130 Å². The summed E-state index contributed by atoms with van der Waals surface area (Å²) >= 11 is 8.12. The van der Waals surface area contributed by atoms with Crippen LogP contribution in [-0.4, -0.2) is 23.7 Å². The quantitative estimate of drug-likeness (QED) is 0.898. The zero-order valence-electron chi connectivity index (χ0n) is 11.9. The summed E-state index contributed by atoms with van der Waals surface area (Å²) in [6, 6.07) is 6.27. The number of hydrogen-bond donors (Lipinski definition) is 1. The second kappa shape index (κ2) is 5.88. The summed E-state index contributed by atoms with van der Waals surface area (Å²) in [5, 5.41) is 0.816. The molecule has 3 unspecified atom stereocenters. The van der Waals surface area contributed by atoms with Gasteiger partial charge >= 0.3 is 0 Å². The Hall–Kier alpha value is -0.220. The number of benzene rings is 1. The number of hydrogen-bond acceptors (Lipinski definition) is 3. The van der Waals surface area contributed by atoms with E-state index in [1.807, 2.05) is 24.8 Å². The third kappa shape index (κ3) is 2.87. The molecule has 0 aromatic heterocycles. The van der Waals surface area contributed by atoms with E-state index in [0.717, 1.165) is 35.8 Å². The van der Waals surface area contributed by atoms with Crippen molar-refractivity contribution in [1.82, 2.24) is 0 Å². The van der Waals surface area contributed by atoms with Gasteiger partial charge in [0.2, 0.25) is 0 Å². The number of halogens is 1. The highest BCUT2D eigenvalue weighted by Gasteiger charge is 2.42. The van der Waals surface area contributed by atoms with Crippen molar-refractivity contribution in [2.75, 3.05) is 18.1 Å². The van der Waals surface area contributed by atoms with Crippen LogP contribution in [0.15, 0.2) is 18.2 Å². The summed E-state index contributed by atoms with van der Waals surface area (Å²) in [6.45, 7) is 2.89. The lowest BCUT2D eigenvalue weighted by Crippen LogP contribution is -2.42. The molecule has 0 bridgehead atoms. The smallest absolute Gasteiger partial charge is 0.0783 e. The molecule has 2 N–H and O–H groups in total. The highest BCUT2D eigenvalue weighted by atomic mass is 35.5. The van der Waals surface area contributed by atoms with Gasteiger partial charge in [0, 0.05) is 23.4 Å². The van der Waals surface area contributed by atoms with E-state index in [1.54, 1.807) is 0 Å². The minimum Gasteiger partial charge on any atom is -0.374 e. The standard InChI is InChI=1S/C16H22ClNOS/c1-11-8-12(2-3-14(11)17)15(18)13-4-6-19-16(9-13)5-7-20-10-16/h2-3,8,13,15H,4-7,9-10,18H2,1H3. The zero-order valence-corrected chi connectivity index (χ0v) is 13.5. The third-order valence-electron chi connectivity index (χ3n) is 4.67. The summed E-state index contributed by atoms with van der Waals surface area (Å²) in [7, 11) is 0. The molecule has 4 heteroatoms. The Morgan fingerprint density at radius 3 is 3.05 bits per heavy atom. The van der Waals surface area contributed by atoms with Gasteiger partial charge in [-0.2, -0.15) is 11.8 Å². The highest BCUT2D eigenvalue weighted by Crippen LogP contribution is 2.43. The Morgan fingerprint density at radius 2 is 2.35 bits per heavy atom. The molecule has 3 atom stereocenters. The van der Waals surface area contributed by atoms with Crippen LogP contribution >= 0.6 is 23.4 Å². The molecule has 3 rings (SSSR count). The van der Waals surface area contributed by atoms with Crippen molar-refractivity contribution in [3.05, 3.63) is 34.3 Å². The second-order valence-corrected chi connectivity index (χ2v) is 7.63. The molecule has 2 aliphatic heterocycles. The fourth-order valence-corrected chi connectivity index (χ4v) is 4.88. The van der Waals surface area contributed by atoms with Crippen molar-refractivity contribution in [3.8, 4) is 0 Å². The molecule has 2 fully saturated rings. The van der Waals surface area contributed by atoms with Crippen LogP contribution in [0.5, 0.6) is 0 Å². The third-order valence-corrected chi connectivity index (χ3v) is 6.32. The number of ether oxygens (including phenoxy) is 1. The molecule has 1 spiro atoms. The minimum absolute atomic E-state index is 0.0948. The van der Waals surface area contributed by atoms with E-state index in [1.165, 1.54) is 17.7 Å². The normalized spacial score (nSPS) is 31.6. The predicted octanol–water partition coefficient (Wildman–Crippen LogP) is 3.95. The Morgan fingerprint density at radius 1 is 1.50 bits per heavy atom. The first kappa shape index (κ1) is 14.7. The molecule has 2 saturated heterocycles. The summed E-state index contributed by atoms with van der Waals surface area (Å²) in [4.78, 5) is 0. The zero-order chi connectivity index (χ0) is 14.2. The number of thioether (sulfide) groups is 1. The van der Waals surface area contributed by atoms with Gasteiger partial charge in [-0.1, -0.05) is 23.7 Å². The van der Waals surface area contributed by atoms with Crippen LogP contribution in [0.3, 0.4) is 0 Å². The van der Waals surface area contributed by atoms with Gasteiger partial charge in [0.1, 0.15) is 0 Å². The molecule has 0 amide bonds. The van der Waals surface area contributed by atoms with Crippen LogP contribution in [-0.2, 0) is 4.74 Å². The number of rotatable bonds is 2. The molecule has 1 aromatic carbocycles. The van der Waals surface area contributed by atoms with Gasteiger partial charge in [0.25, 0.3) is 0 Å². The molecular weight excluding hydrogens is 290 g/mol. The van der Waals surface area contributed by atoms with Crippen molar-refractivity contribution in [3.63, 3.8) is 0 Å². The lowest BCUT2D eigenvalue weighted by atomic mass is 9.79. The van der Waals surface area contributed by atoms with E-state index < -0.39 is 0 Å². The fraction of sp³-hybridized carbons (Fsp3) is 0.625. The van der Waals surface area contributed by atoms with Crippen molar-refractivity contribution < 1.29 is 4.74 Å². The van der Waals surface area contributed by atoms with Crippen LogP contribution in [0, 0.1) is 12.8 Å². The highest BCUT2D eigenvalue weighted by molar-refractivity contribution is 7.99. The molecule has 0 radical (unpaired) electrons. The summed E-state index contributed by atoms with van der Waals surface area (Å²) in [5.74, 6) is 2.88. The Balaban J connectivity index is 1.75. The lowest BCUT2D eigenvalue weighted by molar-refractivity contribution is -0.0834. The van der Waals surface area contributed by atoms with Crippen molar-refractivity contribution >= 4 is 23.4 Å². The van der Waals surface area contributed by atoms with Crippen molar-refractivity contribution in [2.45, 2.75) is 37.8 Å². The maximum Gasteiger partial charge on any atom is 0.0783 e. The lowest BCUT2D eigenvalue weighted by Gasteiger charge is -2.40. The maximum absolute atomic E-state index is 6.53. The molecule has 110 valence electrons. The van der Waals surface area contributed by atoms with Crippen LogP contribution < -0.4 is 5.73 Å². The van der Waals surface area contributed by atoms with E-state index in [2.05, 4.69) is 12.1 Å². The van der Waals surface area contributed by atoms with E-state index in [9.17, 15) is 0 Å². The van der Waals surface area contributed by atoms with Gasteiger partial charge in [-0.15, -0.1) is 0 Å². The summed E-state index contributed by atoms with van der Waals surface area (Å²) in [6.07, 6.45) is 3.35.